The van der Waals surface area contributed by atoms with Gasteiger partial charge in [0.25, 0.3) is 0 Å². The Kier molecular flexibility index (Phi) is 5.14. The van der Waals surface area contributed by atoms with Gasteiger partial charge < -0.3 is 15.1 Å². The molecule has 0 saturated carbocycles. The molecular formula is C24H26N2O3. The van der Waals surface area contributed by atoms with Crippen LogP contribution in [0.1, 0.15) is 42.5 Å². The van der Waals surface area contributed by atoms with E-state index in [1.807, 2.05) is 32.9 Å². The van der Waals surface area contributed by atoms with E-state index in [0.29, 0.717) is 11.4 Å². The highest BCUT2D eigenvalue weighted by Gasteiger charge is 2.17. The summed E-state index contributed by atoms with van der Waals surface area (Å²) in [5, 5.41) is 6.87. The van der Waals surface area contributed by atoms with E-state index >= 15 is 0 Å². The second-order valence-corrected chi connectivity index (χ2v) is 8.13. The molecule has 1 aliphatic carbocycles. The molecule has 1 aromatic heterocycles. The van der Waals surface area contributed by atoms with Crippen LogP contribution in [0, 0.1) is 12.8 Å². The molecule has 150 valence electrons. The quantitative estimate of drug-likeness (QED) is 0.644. The van der Waals surface area contributed by atoms with Crippen LogP contribution in [0.15, 0.2) is 41.0 Å². The monoisotopic (exact) mass is 390 g/mol. The normalized spacial score (nSPS) is 13.0. The maximum absolute atomic E-state index is 12.7. The van der Waals surface area contributed by atoms with Gasteiger partial charge in [0.05, 0.1) is 12.7 Å². The summed E-state index contributed by atoms with van der Waals surface area (Å²) in [6.45, 7) is 5.62. The Morgan fingerprint density at radius 3 is 2.59 bits per heavy atom. The predicted octanol–water partition coefficient (Wildman–Crippen LogP) is 5.01. The van der Waals surface area contributed by atoms with Crippen LogP contribution < -0.4 is 10.6 Å². The summed E-state index contributed by atoms with van der Waals surface area (Å²) < 4.78 is 5.71. The van der Waals surface area contributed by atoms with Crippen molar-refractivity contribution in [3.05, 3.63) is 58.8 Å². The van der Waals surface area contributed by atoms with Gasteiger partial charge in [0, 0.05) is 28.2 Å². The second kappa shape index (κ2) is 7.74. The number of carbonyl (C=O) groups is 2. The summed E-state index contributed by atoms with van der Waals surface area (Å²) in [4.78, 5) is 24.6. The number of hydrogen-bond acceptors (Lipinski definition) is 3. The SMILES string of the molecule is Cc1ccc(NC(=O)C(C)C)cc1NC(=O)Cc1coc2cc3c(cc12)CCC3. The Balaban J connectivity index is 1.50. The van der Waals surface area contributed by atoms with E-state index in [-0.39, 0.29) is 24.2 Å². The zero-order valence-corrected chi connectivity index (χ0v) is 17.1. The summed E-state index contributed by atoms with van der Waals surface area (Å²) in [6.07, 6.45) is 5.31. The first-order valence-corrected chi connectivity index (χ1v) is 10.1. The first kappa shape index (κ1) is 19.2. The first-order valence-electron chi connectivity index (χ1n) is 10.1. The molecule has 3 aromatic rings. The molecule has 0 saturated heterocycles. The average molecular weight is 390 g/mol. The third-order valence-electron chi connectivity index (χ3n) is 5.52. The number of carbonyl (C=O) groups excluding carboxylic acids is 2. The van der Waals surface area contributed by atoms with Crippen molar-refractivity contribution in [1.82, 2.24) is 0 Å². The molecule has 0 atom stereocenters. The minimum Gasteiger partial charge on any atom is -0.464 e. The van der Waals surface area contributed by atoms with Gasteiger partial charge in [-0.15, -0.1) is 0 Å². The van der Waals surface area contributed by atoms with Gasteiger partial charge in [0.15, 0.2) is 0 Å². The van der Waals surface area contributed by atoms with Crippen LogP contribution in [0.5, 0.6) is 0 Å². The molecule has 2 aromatic carbocycles. The fraction of sp³-hybridized carbons (Fsp3) is 0.333. The predicted molar refractivity (Wildman–Crippen MR) is 115 cm³/mol. The first-order chi connectivity index (χ1) is 13.9. The van der Waals surface area contributed by atoms with Crippen molar-refractivity contribution in [3.63, 3.8) is 0 Å². The van der Waals surface area contributed by atoms with Crippen molar-refractivity contribution in [1.29, 1.82) is 0 Å². The highest BCUT2D eigenvalue weighted by molar-refractivity contribution is 5.97. The van der Waals surface area contributed by atoms with Gasteiger partial charge in [-0.1, -0.05) is 19.9 Å². The van der Waals surface area contributed by atoms with E-state index in [1.165, 1.54) is 17.5 Å². The van der Waals surface area contributed by atoms with Crippen LogP contribution in [-0.2, 0) is 28.9 Å². The lowest BCUT2D eigenvalue weighted by atomic mass is 10.0. The standard InChI is InChI=1S/C24H26N2O3/c1-14(2)24(28)25-19-8-7-15(3)21(12-19)26-23(27)11-18-13-29-22-10-17-6-4-5-16(17)9-20(18)22/h7-10,12-14H,4-6,11H2,1-3H3,(H,25,28)(H,26,27). The van der Waals surface area contributed by atoms with E-state index in [2.05, 4.69) is 22.8 Å². The maximum atomic E-state index is 12.7. The summed E-state index contributed by atoms with van der Waals surface area (Å²) in [5.74, 6) is -0.266. The maximum Gasteiger partial charge on any atom is 0.228 e. The van der Waals surface area contributed by atoms with Crippen LogP contribution in [0.3, 0.4) is 0 Å². The van der Waals surface area contributed by atoms with Crippen molar-refractivity contribution >= 4 is 34.2 Å². The van der Waals surface area contributed by atoms with Gasteiger partial charge in [0.1, 0.15) is 5.58 Å². The second-order valence-electron chi connectivity index (χ2n) is 8.13. The topological polar surface area (TPSA) is 71.3 Å². The Morgan fingerprint density at radius 2 is 1.83 bits per heavy atom. The number of amides is 2. The molecule has 0 bridgehead atoms. The van der Waals surface area contributed by atoms with Crippen molar-refractivity contribution < 1.29 is 14.0 Å². The Morgan fingerprint density at radius 1 is 1.07 bits per heavy atom. The molecular weight excluding hydrogens is 364 g/mol. The third-order valence-corrected chi connectivity index (χ3v) is 5.52. The van der Waals surface area contributed by atoms with Crippen molar-refractivity contribution in [2.45, 2.75) is 46.5 Å². The van der Waals surface area contributed by atoms with Crippen LogP contribution in [-0.4, -0.2) is 11.8 Å². The Bertz CT molecular complexity index is 1090. The highest BCUT2D eigenvalue weighted by atomic mass is 16.3. The molecule has 0 spiro atoms. The van der Waals surface area contributed by atoms with E-state index in [4.69, 9.17) is 4.42 Å². The highest BCUT2D eigenvalue weighted by Crippen LogP contribution is 2.31. The summed E-state index contributed by atoms with van der Waals surface area (Å²) in [6, 6.07) is 9.83. The zero-order chi connectivity index (χ0) is 20.5. The average Bonchev–Trinajstić information content (AvgIpc) is 3.29. The number of aryl methyl sites for hydroxylation is 3. The summed E-state index contributed by atoms with van der Waals surface area (Å²) in [7, 11) is 0. The Hall–Kier alpha value is -3.08. The molecule has 1 aliphatic rings. The van der Waals surface area contributed by atoms with E-state index in [0.717, 1.165) is 34.9 Å². The van der Waals surface area contributed by atoms with E-state index < -0.39 is 0 Å². The van der Waals surface area contributed by atoms with Gasteiger partial charge >= 0.3 is 0 Å². The lowest BCUT2D eigenvalue weighted by Crippen LogP contribution is -2.18. The molecule has 4 rings (SSSR count). The van der Waals surface area contributed by atoms with Crippen molar-refractivity contribution in [2.75, 3.05) is 10.6 Å². The molecule has 0 radical (unpaired) electrons. The third kappa shape index (κ3) is 4.04. The molecule has 1 heterocycles. The largest absolute Gasteiger partial charge is 0.464 e. The smallest absolute Gasteiger partial charge is 0.228 e. The van der Waals surface area contributed by atoms with Gasteiger partial charge in [-0.05, 0) is 67.1 Å². The molecule has 0 unspecified atom stereocenters. The van der Waals surface area contributed by atoms with Gasteiger partial charge in [-0.2, -0.15) is 0 Å². The number of fused-ring (bicyclic) bond motifs is 2. The molecule has 5 nitrogen and oxygen atoms in total. The number of benzene rings is 2. The van der Waals surface area contributed by atoms with E-state index in [1.54, 1.807) is 12.3 Å². The van der Waals surface area contributed by atoms with Gasteiger partial charge in [-0.3, -0.25) is 9.59 Å². The molecule has 5 heteroatoms. The number of furan rings is 1. The van der Waals surface area contributed by atoms with Gasteiger partial charge in [0.2, 0.25) is 11.8 Å². The summed E-state index contributed by atoms with van der Waals surface area (Å²) >= 11 is 0. The molecule has 0 aliphatic heterocycles. The van der Waals surface area contributed by atoms with Crippen LogP contribution in [0.2, 0.25) is 0 Å². The Labute approximate surface area is 170 Å². The number of anilines is 2. The molecule has 2 amide bonds. The lowest BCUT2D eigenvalue weighted by molar-refractivity contribution is -0.119. The minimum atomic E-state index is -0.108. The van der Waals surface area contributed by atoms with Crippen LogP contribution in [0.4, 0.5) is 11.4 Å². The number of hydrogen-bond donors (Lipinski definition) is 2. The number of nitrogens with one attached hydrogen (secondary N) is 2. The van der Waals surface area contributed by atoms with Gasteiger partial charge in [-0.25, -0.2) is 0 Å². The fourth-order valence-corrected chi connectivity index (χ4v) is 3.77. The minimum absolute atomic E-state index is 0.0523. The molecule has 2 N–H and O–H groups in total. The zero-order valence-electron chi connectivity index (χ0n) is 17.1. The van der Waals surface area contributed by atoms with Crippen LogP contribution >= 0.6 is 0 Å². The summed E-state index contributed by atoms with van der Waals surface area (Å²) in [5.41, 5.74) is 6.79. The van der Waals surface area contributed by atoms with E-state index in [9.17, 15) is 9.59 Å². The van der Waals surface area contributed by atoms with Crippen molar-refractivity contribution in [3.8, 4) is 0 Å². The molecule has 29 heavy (non-hydrogen) atoms. The molecule has 0 fully saturated rings. The number of rotatable bonds is 5. The van der Waals surface area contributed by atoms with Crippen molar-refractivity contribution in [2.24, 2.45) is 5.92 Å². The fourth-order valence-electron chi connectivity index (χ4n) is 3.77. The van der Waals surface area contributed by atoms with Crippen LogP contribution in [0.25, 0.3) is 11.0 Å². The lowest BCUT2D eigenvalue weighted by Gasteiger charge is -2.12.